The highest BCUT2D eigenvalue weighted by atomic mass is 16.7. The number of amides is 1. The van der Waals surface area contributed by atoms with E-state index in [1.165, 1.54) is 0 Å². The van der Waals surface area contributed by atoms with Crippen LogP contribution in [0, 0.1) is 17.3 Å². The Bertz CT molecular complexity index is 448. The number of hydrogen-bond donors (Lipinski definition) is 2. The molecule has 1 aliphatic carbocycles. The topological polar surface area (TPSA) is 102 Å². The summed E-state index contributed by atoms with van der Waals surface area (Å²) in [5.74, 6) is -1.18. The Hall–Kier alpha value is -1.79. The van der Waals surface area contributed by atoms with Crippen LogP contribution in [0.1, 0.15) is 59.8 Å². The third kappa shape index (κ3) is 6.76. The maximum Gasteiger partial charge on any atom is 0.410 e. The summed E-state index contributed by atoms with van der Waals surface area (Å²) in [6.45, 7) is 7.40. The van der Waals surface area contributed by atoms with Crippen molar-refractivity contribution in [1.82, 2.24) is 5.32 Å². The molecule has 24 heavy (non-hydrogen) atoms. The molecule has 0 aliphatic heterocycles. The summed E-state index contributed by atoms with van der Waals surface area (Å²) in [7, 11) is 0. The zero-order valence-corrected chi connectivity index (χ0v) is 15.0. The van der Waals surface area contributed by atoms with Gasteiger partial charge >= 0.3 is 18.0 Å². The molecule has 1 fully saturated rings. The van der Waals surface area contributed by atoms with Gasteiger partial charge in [0.2, 0.25) is 6.29 Å². The number of carboxylic acid groups (broad SMARTS) is 1. The lowest BCUT2D eigenvalue weighted by Gasteiger charge is -2.26. The van der Waals surface area contributed by atoms with Crippen molar-refractivity contribution in [2.24, 2.45) is 17.3 Å². The van der Waals surface area contributed by atoms with E-state index in [-0.39, 0.29) is 11.8 Å². The van der Waals surface area contributed by atoms with Crippen LogP contribution < -0.4 is 5.32 Å². The Balaban J connectivity index is 2.32. The first kappa shape index (κ1) is 20.3. The molecule has 0 aromatic rings. The Morgan fingerprint density at radius 2 is 1.71 bits per heavy atom. The number of esters is 1. The van der Waals surface area contributed by atoms with Gasteiger partial charge in [0, 0.05) is 13.0 Å². The molecule has 1 aliphatic rings. The monoisotopic (exact) mass is 343 g/mol. The summed E-state index contributed by atoms with van der Waals surface area (Å²) >= 11 is 0. The number of ether oxygens (including phenoxy) is 2. The minimum Gasteiger partial charge on any atom is -0.481 e. The molecular weight excluding hydrogens is 314 g/mol. The van der Waals surface area contributed by atoms with Crippen LogP contribution in [0.15, 0.2) is 0 Å². The van der Waals surface area contributed by atoms with E-state index in [9.17, 15) is 14.4 Å². The molecule has 0 heterocycles. The van der Waals surface area contributed by atoms with Gasteiger partial charge < -0.3 is 19.9 Å². The van der Waals surface area contributed by atoms with E-state index < -0.39 is 29.7 Å². The maximum atomic E-state index is 11.8. The van der Waals surface area contributed by atoms with Crippen molar-refractivity contribution in [1.29, 1.82) is 0 Å². The SMILES string of the molecule is CCC(OC(=O)NC[C@H]1CC[C@H](C(=O)O)CC1)OC(=O)C(C)(C)C. The van der Waals surface area contributed by atoms with Crippen molar-refractivity contribution in [3.05, 3.63) is 0 Å². The van der Waals surface area contributed by atoms with E-state index in [0.717, 1.165) is 12.8 Å². The van der Waals surface area contributed by atoms with Crippen molar-refractivity contribution < 1.29 is 29.0 Å². The Morgan fingerprint density at radius 3 is 2.17 bits per heavy atom. The fraction of sp³-hybridized carbons (Fsp3) is 0.824. The molecule has 0 saturated heterocycles. The summed E-state index contributed by atoms with van der Waals surface area (Å²) in [6.07, 6.45) is 1.66. The van der Waals surface area contributed by atoms with Crippen LogP contribution in [0.5, 0.6) is 0 Å². The predicted molar refractivity (Wildman–Crippen MR) is 87.2 cm³/mol. The highest BCUT2D eigenvalue weighted by molar-refractivity contribution is 5.75. The summed E-state index contributed by atoms with van der Waals surface area (Å²) in [6, 6.07) is 0. The second-order valence-electron chi connectivity index (χ2n) is 7.34. The largest absolute Gasteiger partial charge is 0.481 e. The third-order valence-corrected chi connectivity index (χ3v) is 4.15. The lowest BCUT2D eigenvalue weighted by atomic mass is 9.82. The average Bonchev–Trinajstić information content (AvgIpc) is 2.51. The molecule has 1 amide bonds. The fourth-order valence-corrected chi connectivity index (χ4v) is 2.49. The lowest BCUT2D eigenvalue weighted by molar-refractivity contribution is -0.177. The fourth-order valence-electron chi connectivity index (χ4n) is 2.49. The Morgan fingerprint density at radius 1 is 1.12 bits per heavy atom. The van der Waals surface area contributed by atoms with Gasteiger partial charge in [-0.2, -0.15) is 0 Å². The second-order valence-corrected chi connectivity index (χ2v) is 7.34. The van der Waals surface area contributed by atoms with Gasteiger partial charge in [-0.1, -0.05) is 6.92 Å². The summed E-state index contributed by atoms with van der Waals surface area (Å²) in [5, 5.41) is 11.6. The van der Waals surface area contributed by atoms with Crippen molar-refractivity contribution in [2.45, 2.75) is 66.1 Å². The minimum atomic E-state index is -0.903. The van der Waals surface area contributed by atoms with Crippen LogP contribution in [0.2, 0.25) is 0 Å². The number of alkyl carbamates (subject to hydrolysis) is 1. The van der Waals surface area contributed by atoms with Crippen molar-refractivity contribution in [3.63, 3.8) is 0 Å². The number of carboxylic acids is 1. The van der Waals surface area contributed by atoms with Gasteiger partial charge in [0.1, 0.15) is 0 Å². The average molecular weight is 343 g/mol. The Labute approximate surface area is 143 Å². The third-order valence-electron chi connectivity index (χ3n) is 4.15. The molecular formula is C17H29NO6. The predicted octanol–water partition coefficient (Wildman–Crippen LogP) is 2.93. The van der Waals surface area contributed by atoms with Crippen molar-refractivity contribution >= 4 is 18.0 Å². The van der Waals surface area contributed by atoms with E-state index in [1.54, 1.807) is 27.7 Å². The molecule has 0 aromatic carbocycles. The molecule has 138 valence electrons. The first-order chi connectivity index (χ1) is 11.1. The van der Waals surface area contributed by atoms with E-state index >= 15 is 0 Å². The van der Waals surface area contributed by atoms with Crippen LogP contribution >= 0.6 is 0 Å². The molecule has 0 radical (unpaired) electrons. The highest BCUT2D eigenvalue weighted by Crippen LogP contribution is 2.28. The molecule has 0 bridgehead atoms. The zero-order valence-electron chi connectivity index (χ0n) is 15.0. The van der Waals surface area contributed by atoms with Gasteiger partial charge in [0.15, 0.2) is 0 Å². The van der Waals surface area contributed by atoms with Gasteiger partial charge in [0.05, 0.1) is 11.3 Å². The van der Waals surface area contributed by atoms with Crippen LogP contribution in [0.3, 0.4) is 0 Å². The standard InChI is InChI=1S/C17H29NO6/c1-5-13(23-15(21)17(2,3)4)24-16(22)18-10-11-6-8-12(9-7-11)14(19)20/h11-13H,5-10H2,1-4H3,(H,18,22)(H,19,20)/t11-,12-,13?. The molecule has 2 N–H and O–H groups in total. The Kier molecular flexibility index (Phi) is 7.51. The summed E-state index contributed by atoms with van der Waals surface area (Å²) in [4.78, 5) is 34.6. The van der Waals surface area contributed by atoms with Crippen molar-refractivity contribution in [3.8, 4) is 0 Å². The van der Waals surface area contributed by atoms with Gasteiger partial charge in [-0.15, -0.1) is 0 Å². The quantitative estimate of drug-likeness (QED) is 0.568. The number of hydrogen-bond acceptors (Lipinski definition) is 5. The maximum absolute atomic E-state index is 11.8. The summed E-state index contributed by atoms with van der Waals surface area (Å²) in [5.41, 5.74) is -0.657. The van der Waals surface area contributed by atoms with Crippen LogP contribution in [-0.2, 0) is 19.1 Å². The molecule has 1 atom stereocenters. The molecule has 1 rings (SSSR count). The molecule has 1 unspecified atom stereocenters. The lowest BCUT2D eigenvalue weighted by Crippen LogP contribution is -2.37. The molecule has 7 heteroatoms. The van der Waals surface area contributed by atoms with Gasteiger partial charge in [-0.05, 0) is 52.4 Å². The normalized spacial score (nSPS) is 22.3. The minimum absolute atomic E-state index is 0.255. The number of nitrogens with one attached hydrogen (secondary N) is 1. The number of carbonyl (C=O) groups excluding carboxylic acids is 2. The van der Waals surface area contributed by atoms with Crippen LogP contribution in [0.4, 0.5) is 4.79 Å². The molecule has 0 aromatic heterocycles. The summed E-state index contributed by atoms with van der Waals surface area (Å²) < 4.78 is 10.3. The zero-order chi connectivity index (χ0) is 18.3. The van der Waals surface area contributed by atoms with Gasteiger partial charge in [0.25, 0.3) is 0 Å². The number of aliphatic carboxylic acids is 1. The molecule has 0 spiro atoms. The van der Waals surface area contributed by atoms with E-state index in [4.69, 9.17) is 14.6 Å². The van der Waals surface area contributed by atoms with Crippen LogP contribution in [0.25, 0.3) is 0 Å². The van der Waals surface area contributed by atoms with E-state index in [1.807, 2.05) is 0 Å². The second kappa shape index (κ2) is 8.89. The first-order valence-electron chi connectivity index (χ1n) is 8.51. The number of rotatable bonds is 6. The van der Waals surface area contributed by atoms with Gasteiger partial charge in [-0.3, -0.25) is 9.59 Å². The van der Waals surface area contributed by atoms with Gasteiger partial charge in [-0.25, -0.2) is 4.79 Å². The first-order valence-corrected chi connectivity index (χ1v) is 8.51. The molecule has 1 saturated carbocycles. The smallest absolute Gasteiger partial charge is 0.410 e. The highest BCUT2D eigenvalue weighted by Gasteiger charge is 2.28. The molecule has 7 nitrogen and oxygen atoms in total. The van der Waals surface area contributed by atoms with E-state index in [0.29, 0.717) is 25.8 Å². The van der Waals surface area contributed by atoms with Crippen LogP contribution in [-0.4, -0.2) is 36.0 Å². The number of carbonyl (C=O) groups is 3. The van der Waals surface area contributed by atoms with Crippen molar-refractivity contribution in [2.75, 3.05) is 6.54 Å². The van der Waals surface area contributed by atoms with E-state index in [2.05, 4.69) is 5.32 Å².